The molecule has 0 spiro atoms. The number of H-pyrrole nitrogens is 1. The molecule has 0 aliphatic heterocycles. The third kappa shape index (κ3) is 5.13. The van der Waals surface area contributed by atoms with Crippen LogP contribution in [0.1, 0.15) is 13.3 Å². The van der Waals surface area contributed by atoms with E-state index in [2.05, 4.69) is 15.5 Å². The summed E-state index contributed by atoms with van der Waals surface area (Å²) >= 11 is 1.04. The van der Waals surface area contributed by atoms with Crippen LogP contribution in [0.25, 0.3) is 0 Å². The van der Waals surface area contributed by atoms with E-state index >= 15 is 0 Å². The molecule has 2 aromatic rings. The van der Waals surface area contributed by atoms with Crippen LogP contribution in [0.15, 0.2) is 28.2 Å². The number of halogens is 2. The van der Waals surface area contributed by atoms with Crippen LogP contribution in [0.5, 0.6) is 0 Å². The molecular weight excluding hydrogens is 354 g/mol. The second-order valence-electron chi connectivity index (χ2n) is 5.18. The number of aromatic amines is 1. The SMILES string of the molecule is COCCCn1c(S[C@H](C)C(=O)Nc2cc(F)ccc2F)n[nH]c1=O. The van der Waals surface area contributed by atoms with Gasteiger partial charge in [-0.15, -0.1) is 5.10 Å². The van der Waals surface area contributed by atoms with E-state index in [-0.39, 0.29) is 11.4 Å². The van der Waals surface area contributed by atoms with Crippen LogP contribution in [0.3, 0.4) is 0 Å². The molecule has 0 fully saturated rings. The molecule has 0 saturated heterocycles. The lowest BCUT2D eigenvalue weighted by molar-refractivity contribution is -0.115. The maximum Gasteiger partial charge on any atom is 0.343 e. The molecule has 10 heteroatoms. The quantitative estimate of drug-likeness (QED) is 0.547. The number of amides is 1. The Hall–Kier alpha value is -2.20. The lowest BCUT2D eigenvalue weighted by atomic mass is 10.3. The highest BCUT2D eigenvalue weighted by atomic mass is 32.2. The van der Waals surface area contributed by atoms with Crippen LogP contribution in [-0.4, -0.2) is 39.6 Å². The predicted molar refractivity (Wildman–Crippen MR) is 89.6 cm³/mol. The Morgan fingerprint density at radius 2 is 2.24 bits per heavy atom. The lowest BCUT2D eigenvalue weighted by Gasteiger charge is -2.12. The van der Waals surface area contributed by atoms with E-state index in [1.54, 1.807) is 14.0 Å². The molecule has 136 valence electrons. The van der Waals surface area contributed by atoms with Crippen LogP contribution < -0.4 is 11.0 Å². The van der Waals surface area contributed by atoms with Gasteiger partial charge in [-0.3, -0.25) is 9.36 Å². The number of hydrogen-bond acceptors (Lipinski definition) is 5. The maximum absolute atomic E-state index is 13.6. The van der Waals surface area contributed by atoms with Gasteiger partial charge in [-0.2, -0.15) is 0 Å². The Kier molecular flexibility index (Phi) is 6.71. The minimum atomic E-state index is -0.733. The molecule has 1 amide bonds. The zero-order valence-electron chi connectivity index (χ0n) is 13.7. The Bertz CT molecular complexity index is 793. The number of ether oxygens (including phenoxy) is 1. The molecule has 1 heterocycles. The minimum Gasteiger partial charge on any atom is -0.385 e. The molecule has 25 heavy (non-hydrogen) atoms. The normalized spacial score (nSPS) is 12.2. The molecule has 2 rings (SSSR count). The van der Waals surface area contributed by atoms with Gasteiger partial charge in [0.2, 0.25) is 5.91 Å². The van der Waals surface area contributed by atoms with Crippen molar-refractivity contribution in [3.63, 3.8) is 0 Å². The molecule has 1 atom stereocenters. The number of benzene rings is 1. The molecular formula is C15H18F2N4O3S. The number of thioether (sulfide) groups is 1. The number of nitrogens with zero attached hydrogens (tertiary/aromatic N) is 2. The summed E-state index contributed by atoms with van der Waals surface area (Å²) in [4.78, 5) is 24.0. The summed E-state index contributed by atoms with van der Waals surface area (Å²) in [5, 5.41) is 8.20. The van der Waals surface area contributed by atoms with Gasteiger partial charge < -0.3 is 10.1 Å². The Morgan fingerprint density at radius 1 is 1.48 bits per heavy atom. The fourth-order valence-electron chi connectivity index (χ4n) is 2.00. The smallest absolute Gasteiger partial charge is 0.343 e. The van der Waals surface area contributed by atoms with Crippen molar-refractivity contribution in [2.45, 2.75) is 30.3 Å². The van der Waals surface area contributed by atoms with E-state index in [0.29, 0.717) is 24.7 Å². The summed E-state index contributed by atoms with van der Waals surface area (Å²) < 4.78 is 33.1. The molecule has 1 aromatic carbocycles. The molecule has 0 unspecified atom stereocenters. The van der Waals surface area contributed by atoms with Crippen molar-refractivity contribution >= 4 is 23.4 Å². The maximum atomic E-state index is 13.6. The molecule has 2 N–H and O–H groups in total. The summed E-state index contributed by atoms with van der Waals surface area (Å²) in [6.45, 7) is 2.45. The van der Waals surface area contributed by atoms with Crippen LogP contribution >= 0.6 is 11.8 Å². The summed E-state index contributed by atoms with van der Waals surface area (Å²) in [5.41, 5.74) is -0.626. The number of rotatable bonds is 8. The first-order chi connectivity index (χ1) is 11.9. The second kappa shape index (κ2) is 8.77. The van der Waals surface area contributed by atoms with E-state index in [4.69, 9.17) is 4.74 Å². The van der Waals surface area contributed by atoms with Crippen molar-refractivity contribution in [2.75, 3.05) is 19.0 Å². The molecule has 0 aliphatic rings. The molecule has 1 aromatic heterocycles. The van der Waals surface area contributed by atoms with Crippen molar-refractivity contribution < 1.29 is 18.3 Å². The van der Waals surface area contributed by atoms with E-state index < -0.39 is 22.8 Å². The molecule has 7 nitrogen and oxygen atoms in total. The van der Waals surface area contributed by atoms with Gasteiger partial charge in [0, 0.05) is 26.3 Å². The van der Waals surface area contributed by atoms with Crippen molar-refractivity contribution in [3.8, 4) is 0 Å². The molecule has 0 radical (unpaired) electrons. The topological polar surface area (TPSA) is 89.0 Å². The van der Waals surface area contributed by atoms with E-state index in [0.717, 1.165) is 30.0 Å². The number of carbonyl (C=O) groups excluding carboxylic acids is 1. The Balaban J connectivity index is 2.04. The Labute approximate surface area is 146 Å². The van der Waals surface area contributed by atoms with Gasteiger partial charge in [-0.05, 0) is 25.5 Å². The van der Waals surface area contributed by atoms with Crippen LogP contribution in [0.2, 0.25) is 0 Å². The fourth-order valence-corrected chi connectivity index (χ4v) is 2.88. The highest BCUT2D eigenvalue weighted by molar-refractivity contribution is 8.00. The third-order valence-corrected chi connectivity index (χ3v) is 4.38. The molecule has 0 bridgehead atoms. The average molecular weight is 372 g/mol. The minimum absolute atomic E-state index is 0.239. The van der Waals surface area contributed by atoms with Gasteiger partial charge in [0.05, 0.1) is 10.9 Å². The summed E-state index contributed by atoms with van der Waals surface area (Å²) in [6, 6.07) is 2.80. The number of nitrogens with one attached hydrogen (secondary N) is 2. The summed E-state index contributed by atoms with van der Waals surface area (Å²) in [5.74, 6) is -1.92. The zero-order valence-corrected chi connectivity index (χ0v) is 14.5. The number of methoxy groups -OCH3 is 1. The number of aromatic nitrogens is 3. The fraction of sp³-hybridized carbons (Fsp3) is 0.400. The van der Waals surface area contributed by atoms with E-state index in [1.165, 1.54) is 4.57 Å². The zero-order chi connectivity index (χ0) is 18.4. The standard InChI is InChI=1S/C15H18F2N4O3S/c1-9(13(22)18-12-8-10(16)4-5-11(12)17)25-15-20-19-14(23)21(15)6-3-7-24-2/h4-5,8-9H,3,6-7H2,1-2H3,(H,18,22)(H,19,23)/t9-/m1/s1. The first kappa shape index (κ1) is 19.1. The van der Waals surface area contributed by atoms with Crippen molar-refractivity contribution in [3.05, 3.63) is 40.3 Å². The number of carbonyl (C=O) groups is 1. The second-order valence-corrected chi connectivity index (χ2v) is 6.49. The van der Waals surface area contributed by atoms with Gasteiger partial charge in [-0.25, -0.2) is 18.7 Å². The predicted octanol–water partition coefficient (Wildman–Crippen LogP) is 2.01. The van der Waals surface area contributed by atoms with Gasteiger partial charge in [0.25, 0.3) is 0 Å². The van der Waals surface area contributed by atoms with Crippen LogP contribution in [-0.2, 0) is 16.1 Å². The van der Waals surface area contributed by atoms with Gasteiger partial charge in [0.1, 0.15) is 11.6 Å². The number of anilines is 1. The molecule has 0 aliphatic carbocycles. The van der Waals surface area contributed by atoms with Gasteiger partial charge in [-0.1, -0.05) is 11.8 Å². The first-order valence-corrected chi connectivity index (χ1v) is 8.37. The number of hydrogen-bond donors (Lipinski definition) is 2. The van der Waals surface area contributed by atoms with Crippen LogP contribution in [0, 0.1) is 11.6 Å². The van der Waals surface area contributed by atoms with E-state index in [1.807, 2.05) is 0 Å². The lowest BCUT2D eigenvalue weighted by Crippen LogP contribution is -2.24. The molecule has 0 saturated carbocycles. The van der Waals surface area contributed by atoms with E-state index in [9.17, 15) is 18.4 Å². The van der Waals surface area contributed by atoms with Crippen LogP contribution in [0.4, 0.5) is 14.5 Å². The summed E-state index contributed by atoms with van der Waals surface area (Å²) in [6.07, 6.45) is 0.610. The van der Waals surface area contributed by atoms with Gasteiger partial charge in [0.15, 0.2) is 5.16 Å². The van der Waals surface area contributed by atoms with Gasteiger partial charge >= 0.3 is 5.69 Å². The average Bonchev–Trinajstić information content (AvgIpc) is 2.91. The van der Waals surface area contributed by atoms with Crippen molar-refractivity contribution in [1.29, 1.82) is 0 Å². The Morgan fingerprint density at radius 3 is 2.96 bits per heavy atom. The first-order valence-electron chi connectivity index (χ1n) is 7.49. The van der Waals surface area contributed by atoms with Crippen molar-refractivity contribution in [1.82, 2.24) is 14.8 Å². The highest BCUT2D eigenvalue weighted by Crippen LogP contribution is 2.22. The monoisotopic (exact) mass is 372 g/mol. The largest absolute Gasteiger partial charge is 0.385 e. The third-order valence-electron chi connectivity index (χ3n) is 3.29. The highest BCUT2D eigenvalue weighted by Gasteiger charge is 2.20. The van der Waals surface area contributed by atoms with Crippen molar-refractivity contribution in [2.24, 2.45) is 0 Å². The summed E-state index contributed by atoms with van der Waals surface area (Å²) in [7, 11) is 1.56.